The normalized spacial score (nSPS) is 10.8. The lowest BCUT2D eigenvalue weighted by Crippen LogP contribution is -2.21. The van der Waals surface area contributed by atoms with Crippen LogP contribution in [0.5, 0.6) is 11.5 Å². The smallest absolute Gasteiger partial charge is 0.339 e. The summed E-state index contributed by atoms with van der Waals surface area (Å²) in [4.78, 5) is 14.4. The van der Waals surface area contributed by atoms with Gasteiger partial charge >= 0.3 is 5.97 Å². The Kier molecular flexibility index (Phi) is 8.54. The van der Waals surface area contributed by atoms with Gasteiger partial charge in [0.15, 0.2) is 0 Å². The standard InChI is InChI=1S/C21H25N3O3.ClH/c1-4-24(5-2)17-9-6-16(19(25)13-17)12-14(3)21(26)27-18-10-7-15(8-11-18)20(22)23;/h6-13,25H,4-5H2,1-3H3,(H3,22,23);1H. The van der Waals surface area contributed by atoms with E-state index in [1.54, 1.807) is 49.4 Å². The predicted octanol–water partition coefficient (Wildman–Crippen LogP) is 3.95. The first-order valence-corrected chi connectivity index (χ1v) is 8.78. The SMILES string of the molecule is CCN(CC)c1ccc(C=C(C)C(=O)Oc2ccc(C(=N)N)cc2)c(O)c1.Cl. The van der Waals surface area contributed by atoms with E-state index in [9.17, 15) is 9.90 Å². The predicted molar refractivity (Wildman–Crippen MR) is 116 cm³/mol. The van der Waals surface area contributed by atoms with Crippen molar-refractivity contribution in [3.8, 4) is 11.5 Å². The Balaban J connectivity index is 0.00000392. The molecule has 0 saturated heterocycles. The van der Waals surface area contributed by atoms with Crippen LogP contribution in [0.3, 0.4) is 0 Å². The highest BCUT2D eigenvalue weighted by atomic mass is 35.5. The summed E-state index contributed by atoms with van der Waals surface area (Å²) in [5.74, 6) is -0.0957. The number of aromatic hydroxyl groups is 1. The Morgan fingerprint density at radius 1 is 1.18 bits per heavy atom. The number of rotatable bonds is 7. The van der Waals surface area contributed by atoms with Crippen LogP contribution in [0.25, 0.3) is 6.08 Å². The number of nitrogens with one attached hydrogen (secondary N) is 1. The molecule has 0 aliphatic carbocycles. The van der Waals surface area contributed by atoms with Crippen LogP contribution in [0, 0.1) is 5.41 Å². The molecule has 2 aromatic carbocycles. The number of phenols is 1. The lowest BCUT2D eigenvalue weighted by molar-refractivity contribution is -0.130. The number of carbonyl (C=O) groups excluding carboxylic acids is 1. The van der Waals surface area contributed by atoms with E-state index in [0.29, 0.717) is 22.4 Å². The number of halogens is 1. The molecular formula is C21H26ClN3O3. The van der Waals surface area contributed by atoms with Crippen molar-refractivity contribution in [2.75, 3.05) is 18.0 Å². The van der Waals surface area contributed by atoms with Gasteiger partial charge < -0.3 is 20.5 Å². The largest absolute Gasteiger partial charge is 0.507 e. The minimum Gasteiger partial charge on any atom is -0.507 e. The number of benzene rings is 2. The van der Waals surface area contributed by atoms with Gasteiger partial charge in [-0.15, -0.1) is 12.4 Å². The molecule has 6 nitrogen and oxygen atoms in total. The number of carbonyl (C=O) groups is 1. The summed E-state index contributed by atoms with van der Waals surface area (Å²) < 4.78 is 5.31. The fourth-order valence-corrected chi connectivity index (χ4v) is 2.62. The first kappa shape index (κ1) is 23.0. The van der Waals surface area contributed by atoms with E-state index in [-0.39, 0.29) is 24.0 Å². The summed E-state index contributed by atoms with van der Waals surface area (Å²) >= 11 is 0. The average molecular weight is 404 g/mol. The maximum Gasteiger partial charge on any atom is 0.339 e. The quantitative estimate of drug-likeness (QED) is 0.214. The molecule has 0 aliphatic heterocycles. The Bertz CT molecular complexity index is 860. The van der Waals surface area contributed by atoms with Gasteiger partial charge in [-0.05, 0) is 63.2 Å². The molecule has 2 rings (SSSR count). The Morgan fingerprint density at radius 2 is 1.79 bits per heavy atom. The second-order valence-corrected chi connectivity index (χ2v) is 6.07. The van der Waals surface area contributed by atoms with Crippen LogP contribution in [0.2, 0.25) is 0 Å². The van der Waals surface area contributed by atoms with Crippen LogP contribution in [0.4, 0.5) is 5.69 Å². The van der Waals surface area contributed by atoms with Crippen molar-refractivity contribution in [1.82, 2.24) is 0 Å². The van der Waals surface area contributed by atoms with Crippen molar-refractivity contribution in [2.24, 2.45) is 5.73 Å². The van der Waals surface area contributed by atoms with E-state index in [4.69, 9.17) is 15.9 Å². The summed E-state index contributed by atoms with van der Waals surface area (Å²) in [7, 11) is 0. The minimum absolute atomic E-state index is 0. The highest BCUT2D eigenvalue weighted by Gasteiger charge is 2.11. The topological polar surface area (TPSA) is 99.6 Å². The van der Waals surface area contributed by atoms with Crippen LogP contribution in [-0.4, -0.2) is 30.0 Å². The van der Waals surface area contributed by atoms with Crippen LogP contribution in [0.15, 0.2) is 48.0 Å². The number of esters is 1. The van der Waals surface area contributed by atoms with E-state index in [0.717, 1.165) is 18.8 Å². The zero-order chi connectivity index (χ0) is 20.0. The first-order chi connectivity index (χ1) is 12.8. The maximum absolute atomic E-state index is 12.3. The van der Waals surface area contributed by atoms with E-state index in [1.165, 1.54) is 0 Å². The van der Waals surface area contributed by atoms with Crippen molar-refractivity contribution in [3.63, 3.8) is 0 Å². The number of amidine groups is 1. The molecule has 4 N–H and O–H groups in total. The molecule has 7 heteroatoms. The van der Waals surface area contributed by atoms with Crippen molar-refractivity contribution >= 4 is 36.0 Å². The first-order valence-electron chi connectivity index (χ1n) is 8.78. The highest BCUT2D eigenvalue weighted by Crippen LogP contribution is 2.27. The second-order valence-electron chi connectivity index (χ2n) is 6.07. The number of nitrogens with zero attached hydrogens (tertiary/aromatic N) is 1. The van der Waals surface area contributed by atoms with Crippen LogP contribution < -0.4 is 15.4 Å². The molecule has 0 radical (unpaired) electrons. The number of ether oxygens (including phenoxy) is 1. The van der Waals surface area contributed by atoms with Gasteiger partial charge in [-0.1, -0.05) is 0 Å². The second kappa shape index (κ2) is 10.4. The monoisotopic (exact) mass is 403 g/mol. The van der Waals surface area contributed by atoms with E-state index in [1.807, 2.05) is 6.07 Å². The number of phenolic OH excluding ortho intramolecular Hbond substituents is 1. The van der Waals surface area contributed by atoms with Gasteiger partial charge in [0.05, 0.1) is 0 Å². The Hall–Kier alpha value is -2.99. The van der Waals surface area contributed by atoms with Gasteiger partial charge in [0.1, 0.15) is 17.3 Å². The summed E-state index contributed by atoms with van der Waals surface area (Å²) in [5, 5.41) is 17.6. The van der Waals surface area contributed by atoms with Crippen molar-refractivity contribution < 1.29 is 14.6 Å². The molecule has 0 atom stereocenters. The number of hydrogen-bond donors (Lipinski definition) is 3. The number of nitrogen functional groups attached to an aromatic ring is 1. The summed E-state index contributed by atoms with van der Waals surface area (Å²) in [6.45, 7) is 7.43. The summed E-state index contributed by atoms with van der Waals surface area (Å²) in [5.41, 5.74) is 7.79. The van der Waals surface area contributed by atoms with Crippen LogP contribution in [-0.2, 0) is 4.79 Å². The number of hydrogen-bond acceptors (Lipinski definition) is 5. The molecule has 0 bridgehead atoms. The molecule has 0 spiro atoms. The molecule has 0 aromatic heterocycles. The minimum atomic E-state index is -0.516. The van der Waals surface area contributed by atoms with Gasteiger partial charge in [-0.3, -0.25) is 5.41 Å². The van der Waals surface area contributed by atoms with Crippen molar-refractivity contribution in [2.45, 2.75) is 20.8 Å². The highest BCUT2D eigenvalue weighted by molar-refractivity contribution is 5.96. The molecule has 2 aromatic rings. The average Bonchev–Trinajstić information content (AvgIpc) is 2.65. The van der Waals surface area contributed by atoms with Gasteiger partial charge in [-0.2, -0.15) is 0 Å². The molecule has 0 heterocycles. The van der Waals surface area contributed by atoms with Gasteiger partial charge in [0.25, 0.3) is 0 Å². The van der Waals surface area contributed by atoms with Crippen LogP contribution >= 0.6 is 12.4 Å². The third-order valence-corrected chi connectivity index (χ3v) is 4.21. The number of nitrogens with two attached hydrogens (primary N) is 1. The lowest BCUT2D eigenvalue weighted by Gasteiger charge is -2.21. The molecule has 28 heavy (non-hydrogen) atoms. The van der Waals surface area contributed by atoms with Gasteiger partial charge in [-0.25, -0.2) is 4.79 Å². The van der Waals surface area contributed by atoms with Gasteiger partial charge in [0.2, 0.25) is 0 Å². The lowest BCUT2D eigenvalue weighted by atomic mass is 10.1. The summed E-state index contributed by atoms with van der Waals surface area (Å²) in [6, 6.07) is 11.8. The van der Waals surface area contributed by atoms with Crippen molar-refractivity contribution in [3.05, 3.63) is 59.2 Å². The fourth-order valence-electron chi connectivity index (χ4n) is 2.62. The molecule has 150 valence electrons. The van der Waals surface area contributed by atoms with E-state index < -0.39 is 5.97 Å². The molecule has 0 saturated carbocycles. The van der Waals surface area contributed by atoms with Gasteiger partial charge in [0, 0.05) is 41.5 Å². The fraction of sp³-hybridized carbons (Fsp3) is 0.238. The molecular weight excluding hydrogens is 378 g/mol. The summed E-state index contributed by atoms with van der Waals surface area (Å²) in [6.07, 6.45) is 1.59. The van der Waals surface area contributed by atoms with Crippen LogP contribution in [0.1, 0.15) is 31.9 Å². The zero-order valence-electron chi connectivity index (χ0n) is 16.2. The third-order valence-electron chi connectivity index (χ3n) is 4.21. The Labute approximate surface area is 171 Å². The Morgan fingerprint density at radius 3 is 2.29 bits per heavy atom. The van der Waals surface area contributed by atoms with E-state index >= 15 is 0 Å². The third kappa shape index (κ3) is 5.76. The van der Waals surface area contributed by atoms with E-state index in [2.05, 4.69) is 18.7 Å². The maximum atomic E-state index is 12.3. The molecule has 0 unspecified atom stereocenters. The molecule has 0 amide bonds. The molecule has 0 fully saturated rings. The zero-order valence-corrected chi connectivity index (χ0v) is 17.0. The molecule has 0 aliphatic rings. The number of anilines is 1. The van der Waals surface area contributed by atoms with Crippen molar-refractivity contribution in [1.29, 1.82) is 5.41 Å².